The highest BCUT2D eigenvalue weighted by Gasteiger charge is 2.37. The van der Waals surface area contributed by atoms with Crippen molar-refractivity contribution in [3.8, 4) is 0 Å². The van der Waals surface area contributed by atoms with E-state index in [1.807, 2.05) is 12.1 Å². The Hall–Kier alpha value is -1.36. The first-order chi connectivity index (χ1) is 9.82. The number of fused-ring (bicyclic) bond motifs is 1. The van der Waals surface area contributed by atoms with Crippen molar-refractivity contribution in [2.24, 2.45) is 5.41 Å². The van der Waals surface area contributed by atoms with Crippen molar-refractivity contribution in [1.29, 1.82) is 0 Å². The van der Waals surface area contributed by atoms with Gasteiger partial charge in [-0.05, 0) is 56.4 Å². The molecule has 0 fully saturated rings. The maximum absolute atomic E-state index is 12.3. The molecular formula is C16H20BrNO3. The number of nitrogens with one attached hydrogen (secondary N) is 1. The lowest BCUT2D eigenvalue weighted by Crippen LogP contribution is -2.43. The predicted molar refractivity (Wildman–Crippen MR) is 84.0 cm³/mol. The number of carboxylic acids is 1. The number of amides is 1. The lowest BCUT2D eigenvalue weighted by Gasteiger charge is -2.25. The number of carbonyl (C=O) groups excluding carboxylic acids is 1. The van der Waals surface area contributed by atoms with E-state index in [4.69, 9.17) is 5.11 Å². The van der Waals surface area contributed by atoms with Crippen molar-refractivity contribution in [2.45, 2.75) is 45.6 Å². The summed E-state index contributed by atoms with van der Waals surface area (Å²) < 4.78 is 1.03. The molecule has 2 N–H and O–H groups in total. The fourth-order valence-electron chi connectivity index (χ4n) is 2.54. The van der Waals surface area contributed by atoms with Crippen LogP contribution < -0.4 is 5.32 Å². The Bertz CT molecular complexity index is 569. The first kappa shape index (κ1) is 16.0. The maximum Gasteiger partial charge on any atom is 0.318 e. The average Bonchev–Trinajstić information content (AvgIpc) is 2.60. The Balaban J connectivity index is 2.25. The molecule has 0 aliphatic heterocycles. The molecule has 0 bridgehead atoms. The topological polar surface area (TPSA) is 66.4 Å². The third kappa shape index (κ3) is 3.46. The van der Waals surface area contributed by atoms with Gasteiger partial charge in [-0.3, -0.25) is 9.59 Å². The van der Waals surface area contributed by atoms with Gasteiger partial charge in [0, 0.05) is 4.47 Å². The summed E-state index contributed by atoms with van der Waals surface area (Å²) in [5, 5.41) is 12.1. The highest BCUT2D eigenvalue weighted by molar-refractivity contribution is 9.10. The van der Waals surface area contributed by atoms with Gasteiger partial charge >= 0.3 is 5.97 Å². The molecule has 0 saturated carbocycles. The monoisotopic (exact) mass is 353 g/mol. The van der Waals surface area contributed by atoms with Crippen LogP contribution in [0.25, 0.3) is 0 Å². The van der Waals surface area contributed by atoms with Crippen molar-refractivity contribution < 1.29 is 14.7 Å². The SMILES string of the molecule is CC(C)(C(=O)O)C(=O)NC1CCCCc2cc(Br)ccc21. The third-order valence-corrected chi connectivity index (χ3v) is 4.57. The normalized spacial score (nSPS) is 18.5. The third-order valence-electron chi connectivity index (χ3n) is 4.08. The van der Waals surface area contributed by atoms with Crippen molar-refractivity contribution in [1.82, 2.24) is 5.32 Å². The molecule has 21 heavy (non-hydrogen) atoms. The predicted octanol–water partition coefficient (Wildman–Crippen LogP) is 3.44. The standard InChI is InChI=1S/C16H20BrNO3/c1-16(2,15(20)21)14(19)18-13-6-4-3-5-10-9-11(17)7-8-12(10)13/h7-9,13H,3-6H2,1-2H3,(H,18,19)(H,20,21). The van der Waals surface area contributed by atoms with E-state index < -0.39 is 17.3 Å². The van der Waals surface area contributed by atoms with E-state index in [1.165, 1.54) is 19.4 Å². The number of carboxylic acid groups (broad SMARTS) is 1. The molecule has 0 saturated heterocycles. The Labute approximate surface area is 133 Å². The summed E-state index contributed by atoms with van der Waals surface area (Å²) in [6.45, 7) is 2.87. The van der Waals surface area contributed by atoms with Crippen LogP contribution in [-0.2, 0) is 16.0 Å². The van der Waals surface area contributed by atoms with Gasteiger partial charge in [0.05, 0.1) is 6.04 Å². The maximum atomic E-state index is 12.3. The number of aryl methyl sites for hydroxylation is 1. The molecule has 4 nitrogen and oxygen atoms in total. The van der Waals surface area contributed by atoms with Crippen molar-refractivity contribution >= 4 is 27.8 Å². The summed E-state index contributed by atoms with van der Waals surface area (Å²) in [7, 11) is 0. The van der Waals surface area contributed by atoms with E-state index in [2.05, 4.69) is 27.3 Å². The van der Waals surface area contributed by atoms with Crippen LogP contribution in [0.4, 0.5) is 0 Å². The first-order valence-electron chi connectivity index (χ1n) is 7.15. The summed E-state index contributed by atoms with van der Waals surface area (Å²) in [4.78, 5) is 23.5. The van der Waals surface area contributed by atoms with E-state index in [1.54, 1.807) is 0 Å². The lowest BCUT2D eigenvalue weighted by molar-refractivity contribution is -0.153. The van der Waals surface area contributed by atoms with Crippen LogP contribution in [0.15, 0.2) is 22.7 Å². The second-order valence-electron chi connectivity index (χ2n) is 6.05. The zero-order valence-corrected chi connectivity index (χ0v) is 13.9. The largest absolute Gasteiger partial charge is 0.480 e. The molecule has 5 heteroatoms. The molecule has 0 radical (unpaired) electrons. The van der Waals surface area contributed by atoms with Gasteiger partial charge in [0.1, 0.15) is 5.41 Å². The Kier molecular flexibility index (Phi) is 4.71. The number of halogens is 1. The highest BCUT2D eigenvalue weighted by Crippen LogP contribution is 2.31. The molecule has 1 aliphatic rings. The minimum atomic E-state index is -1.41. The van der Waals surface area contributed by atoms with Crippen molar-refractivity contribution in [3.63, 3.8) is 0 Å². The number of benzene rings is 1. The van der Waals surface area contributed by atoms with E-state index in [9.17, 15) is 9.59 Å². The van der Waals surface area contributed by atoms with Crippen LogP contribution in [0.5, 0.6) is 0 Å². The summed E-state index contributed by atoms with van der Waals surface area (Å²) in [6.07, 6.45) is 3.93. The molecular weight excluding hydrogens is 334 g/mol. The van der Waals surface area contributed by atoms with Gasteiger partial charge in [-0.1, -0.05) is 28.4 Å². The van der Waals surface area contributed by atoms with Gasteiger partial charge in [-0.2, -0.15) is 0 Å². The van der Waals surface area contributed by atoms with E-state index >= 15 is 0 Å². The number of rotatable bonds is 3. The van der Waals surface area contributed by atoms with Gasteiger partial charge in [0.2, 0.25) is 5.91 Å². The second kappa shape index (κ2) is 6.18. The molecule has 0 spiro atoms. The molecule has 0 aromatic heterocycles. The highest BCUT2D eigenvalue weighted by atomic mass is 79.9. The number of aliphatic carboxylic acids is 1. The van der Waals surface area contributed by atoms with Crippen LogP contribution in [0, 0.1) is 5.41 Å². The second-order valence-corrected chi connectivity index (χ2v) is 6.96. The molecule has 1 aliphatic carbocycles. The van der Waals surface area contributed by atoms with E-state index in [0.717, 1.165) is 35.7 Å². The van der Waals surface area contributed by atoms with Crippen LogP contribution >= 0.6 is 15.9 Å². The summed E-state index contributed by atoms with van der Waals surface area (Å²) in [5.74, 6) is -1.54. The molecule has 114 valence electrons. The zero-order chi connectivity index (χ0) is 15.6. The molecule has 1 unspecified atom stereocenters. The minimum absolute atomic E-state index is 0.110. The lowest BCUT2D eigenvalue weighted by atomic mass is 9.91. The Morgan fingerprint density at radius 1 is 1.33 bits per heavy atom. The molecule has 1 atom stereocenters. The molecule has 2 rings (SSSR count). The van der Waals surface area contributed by atoms with Gasteiger partial charge in [0.25, 0.3) is 0 Å². The fraction of sp³-hybridized carbons (Fsp3) is 0.500. The summed E-state index contributed by atoms with van der Waals surface area (Å²) in [6, 6.07) is 5.96. The Morgan fingerprint density at radius 2 is 2.05 bits per heavy atom. The fourth-order valence-corrected chi connectivity index (χ4v) is 2.94. The molecule has 1 aromatic rings. The van der Waals surface area contributed by atoms with Gasteiger partial charge in [-0.25, -0.2) is 0 Å². The molecule has 1 amide bonds. The Morgan fingerprint density at radius 3 is 2.71 bits per heavy atom. The summed E-state index contributed by atoms with van der Waals surface area (Å²) in [5.41, 5.74) is 0.910. The van der Waals surface area contributed by atoms with Crippen LogP contribution in [0.1, 0.15) is 50.3 Å². The van der Waals surface area contributed by atoms with Crippen LogP contribution in [-0.4, -0.2) is 17.0 Å². The van der Waals surface area contributed by atoms with E-state index in [0.29, 0.717) is 0 Å². The van der Waals surface area contributed by atoms with E-state index in [-0.39, 0.29) is 6.04 Å². The van der Waals surface area contributed by atoms with Gasteiger partial charge in [-0.15, -0.1) is 0 Å². The summed E-state index contributed by atoms with van der Waals surface area (Å²) >= 11 is 3.47. The zero-order valence-electron chi connectivity index (χ0n) is 12.3. The minimum Gasteiger partial charge on any atom is -0.480 e. The molecule has 0 heterocycles. The smallest absolute Gasteiger partial charge is 0.318 e. The number of hydrogen-bond donors (Lipinski definition) is 2. The van der Waals surface area contributed by atoms with Crippen LogP contribution in [0.2, 0.25) is 0 Å². The molecule has 1 aromatic carbocycles. The number of carbonyl (C=O) groups is 2. The first-order valence-corrected chi connectivity index (χ1v) is 7.94. The van der Waals surface area contributed by atoms with Crippen LogP contribution in [0.3, 0.4) is 0 Å². The van der Waals surface area contributed by atoms with Crippen molar-refractivity contribution in [2.75, 3.05) is 0 Å². The van der Waals surface area contributed by atoms with Gasteiger partial charge in [0.15, 0.2) is 0 Å². The quantitative estimate of drug-likeness (QED) is 0.646. The van der Waals surface area contributed by atoms with Gasteiger partial charge < -0.3 is 10.4 Å². The average molecular weight is 354 g/mol. The van der Waals surface area contributed by atoms with Crippen molar-refractivity contribution in [3.05, 3.63) is 33.8 Å². The number of hydrogen-bond acceptors (Lipinski definition) is 2.